The van der Waals surface area contributed by atoms with Crippen molar-refractivity contribution in [1.29, 1.82) is 0 Å². The fourth-order valence-electron chi connectivity index (χ4n) is 1.77. The van der Waals surface area contributed by atoms with Gasteiger partial charge < -0.3 is 9.84 Å². The van der Waals surface area contributed by atoms with Crippen LogP contribution in [0.25, 0.3) is 10.8 Å². The average Bonchev–Trinajstić information content (AvgIpc) is 2.88. The van der Waals surface area contributed by atoms with Crippen molar-refractivity contribution in [2.45, 2.75) is 0 Å². The van der Waals surface area contributed by atoms with Gasteiger partial charge in [0, 0.05) is 23.0 Å². The number of carboxylic acid groups (broad SMARTS) is 1. The van der Waals surface area contributed by atoms with Crippen molar-refractivity contribution in [3.63, 3.8) is 0 Å². The number of aromatic nitrogens is 1. The van der Waals surface area contributed by atoms with E-state index < -0.39 is 5.97 Å². The normalized spacial score (nSPS) is 10.5. The number of hydrogen-bond donors (Lipinski definition) is 1. The van der Waals surface area contributed by atoms with Gasteiger partial charge in [-0.1, -0.05) is 18.2 Å². The molecule has 0 aliphatic carbocycles. The van der Waals surface area contributed by atoms with Crippen LogP contribution in [0.1, 0.15) is 9.67 Å². The van der Waals surface area contributed by atoms with Crippen molar-refractivity contribution in [3.05, 3.63) is 52.9 Å². The zero-order valence-electron chi connectivity index (χ0n) is 9.74. The van der Waals surface area contributed by atoms with Gasteiger partial charge >= 0.3 is 5.97 Å². The summed E-state index contributed by atoms with van der Waals surface area (Å²) >= 11 is 1.13. The molecule has 0 radical (unpaired) electrons. The van der Waals surface area contributed by atoms with Gasteiger partial charge in [0.25, 0.3) is 0 Å². The SMILES string of the molecule is O=C(O)c1cc(Oc2nccc3ccccc23)cs1. The van der Waals surface area contributed by atoms with E-state index in [1.165, 1.54) is 6.07 Å². The minimum absolute atomic E-state index is 0.246. The number of aromatic carboxylic acids is 1. The molecule has 5 heteroatoms. The first-order valence-corrected chi connectivity index (χ1v) is 6.45. The third kappa shape index (κ3) is 2.28. The lowest BCUT2D eigenvalue weighted by Gasteiger charge is -2.05. The van der Waals surface area contributed by atoms with E-state index in [0.29, 0.717) is 11.6 Å². The fourth-order valence-corrected chi connectivity index (χ4v) is 2.41. The molecule has 0 bridgehead atoms. The summed E-state index contributed by atoms with van der Waals surface area (Å²) in [6.07, 6.45) is 1.67. The first kappa shape index (κ1) is 11.7. The van der Waals surface area contributed by atoms with Crippen molar-refractivity contribution in [2.75, 3.05) is 0 Å². The molecule has 2 aromatic heterocycles. The Morgan fingerprint density at radius 1 is 1.26 bits per heavy atom. The van der Waals surface area contributed by atoms with E-state index in [9.17, 15) is 4.79 Å². The molecule has 0 saturated heterocycles. The van der Waals surface area contributed by atoms with Gasteiger partial charge in [0.15, 0.2) is 0 Å². The zero-order chi connectivity index (χ0) is 13.2. The summed E-state index contributed by atoms with van der Waals surface area (Å²) in [5.41, 5.74) is 0. The first-order valence-electron chi connectivity index (χ1n) is 5.57. The highest BCUT2D eigenvalue weighted by molar-refractivity contribution is 7.12. The van der Waals surface area contributed by atoms with Gasteiger partial charge in [0.05, 0.1) is 0 Å². The van der Waals surface area contributed by atoms with Gasteiger partial charge in [-0.05, 0) is 17.5 Å². The van der Waals surface area contributed by atoms with Crippen LogP contribution in [0.4, 0.5) is 0 Å². The number of fused-ring (bicyclic) bond motifs is 1. The van der Waals surface area contributed by atoms with Crippen molar-refractivity contribution in [2.24, 2.45) is 0 Å². The summed E-state index contributed by atoms with van der Waals surface area (Å²) in [7, 11) is 0. The highest BCUT2D eigenvalue weighted by Gasteiger charge is 2.10. The van der Waals surface area contributed by atoms with E-state index in [0.717, 1.165) is 22.1 Å². The van der Waals surface area contributed by atoms with Gasteiger partial charge in [-0.3, -0.25) is 0 Å². The second-order valence-electron chi connectivity index (χ2n) is 3.89. The highest BCUT2D eigenvalue weighted by Crippen LogP contribution is 2.30. The molecule has 0 aliphatic rings. The number of thiophene rings is 1. The van der Waals surface area contributed by atoms with Crippen LogP contribution in [0.15, 0.2) is 48.0 Å². The molecule has 0 saturated carbocycles. The Kier molecular flexibility index (Phi) is 2.89. The summed E-state index contributed by atoms with van der Waals surface area (Å²) in [5.74, 6) is 0.0184. The second-order valence-corrected chi connectivity index (χ2v) is 4.80. The molecule has 0 unspecified atom stereocenters. The molecule has 2 heterocycles. The lowest BCUT2D eigenvalue weighted by molar-refractivity contribution is 0.0702. The number of hydrogen-bond acceptors (Lipinski definition) is 4. The van der Waals surface area contributed by atoms with Crippen LogP contribution >= 0.6 is 11.3 Å². The third-order valence-electron chi connectivity index (χ3n) is 2.64. The summed E-state index contributed by atoms with van der Waals surface area (Å²) in [6.45, 7) is 0. The predicted octanol–water partition coefficient (Wildman–Crippen LogP) is 3.79. The van der Waals surface area contributed by atoms with Gasteiger partial charge in [0.1, 0.15) is 10.6 Å². The molecule has 4 nitrogen and oxygen atoms in total. The van der Waals surface area contributed by atoms with Crippen molar-refractivity contribution < 1.29 is 14.6 Å². The van der Waals surface area contributed by atoms with Crippen LogP contribution in [0, 0.1) is 0 Å². The molecule has 0 aliphatic heterocycles. The summed E-state index contributed by atoms with van der Waals surface area (Å²) in [6, 6.07) is 11.1. The monoisotopic (exact) mass is 271 g/mol. The Hall–Kier alpha value is -2.40. The molecule has 3 aromatic rings. The second kappa shape index (κ2) is 4.70. The minimum Gasteiger partial charge on any atom is -0.477 e. The lowest BCUT2D eigenvalue weighted by Crippen LogP contribution is -1.91. The van der Waals surface area contributed by atoms with E-state index in [2.05, 4.69) is 4.98 Å². The Bertz CT molecular complexity index is 746. The van der Waals surface area contributed by atoms with Crippen LogP contribution in [-0.2, 0) is 0 Å². The Labute approximate surface area is 112 Å². The molecule has 0 atom stereocenters. The van der Waals surface area contributed by atoms with E-state index in [4.69, 9.17) is 9.84 Å². The molecule has 1 N–H and O–H groups in total. The largest absolute Gasteiger partial charge is 0.477 e. The Morgan fingerprint density at radius 2 is 2.11 bits per heavy atom. The minimum atomic E-state index is -0.953. The first-order chi connectivity index (χ1) is 9.24. The van der Waals surface area contributed by atoms with E-state index in [-0.39, 0.29) is 4.88 Å². The number of carboxylic acids is 1. The lowest BCUT2D eigenvalue weighted by atomic mass is 10.2. The molecular weight excluding hydrogens is 262 g/mol. The molecule has 0 amide bonds. The topological polar surface area (TPSA) is 59.4 Å². The molecule has 1 aromatic carbocycles. The van der Waals surface area contributed by atoms with Crippen LogP contribution in [-0.4, -0.2) is 16.1 Å². The van der Waals surface area contributed by atoms with Crippen LogP contribution in [0.2, 0.25) is 0 Å². The van der Waals surface area contributed by atoms with Gasteiger partial charge in [-0.15, -0.1) is 11.3 Å². The smallest absolute Gasteiger partial charge is 0.346 e. The molecule has 0 fully saturated rings. The van der Waals surface area contributed by atoms with E-state index in [1.54, 1.807) is 11.6 Å². The number of carbonyl (C=O) groups is 1. The molecule has 0 spiro atoms. The summed E-state index contributed by atoms with van der Waals surface area (Å²) in [4.78, 5) is 15.3. The zero-order valence-corrected chi connectivity index (χ0v) is 10.6. The molecule has 94 valence electrons. The summed E-state index contributed by atoms with van der Waals surface area (Å²) in [5, 5.41) is 12.5. The van der Waals surface area contributed by atoms with Crippen molar-refractivity contribution in [3.8, 4) is 11.6 Å². The number of benzene rings is 1. The molecule has 3 rings (SSSR count). The maximum atomic E-state index is 10.8. The van der Waals surface area contributed by atoms with E-state index in [1.807, 2.05) is 30.3 Å². The number of rotatable bonds is 3. The van der Waals surface area contributed by atoms with Gasteiger partial charge in [-0.2, -0.15) is 0 Å². The summed E-state index contributed by atoms with van der Waals surface area (Å²) < 4.78 is 5.66. The average molecular weight is 271 g/mol. The Morgan fingerprint density at radius 3 is 2.89 bits per heavy atom. The highest BCUT2D eigenvalue weighted by atomic mass is 32.1. The number of nitrogens with zero attached hydrogens (tertiary/aromatic N) is 1. The van der Waals surface area contributed by atoms with Crippen LogP contribution in [0.3, 0.4) is 0 Å². The molecular formula is C14H9NO3S. The Balaban J connectivity index is 1.98. The third-order valence-corrected chi connectivity index (χ3v) is 3.53. The van der Waals surface area contributed by atoms with Gasteiger partial charge in [0.2, 0.25) is 5.88 Å². The number of ether oxygens (including phenoxy) is 1. The standard InChI is InChI=1S/C14H9NO3S/c16-14(17)12-7-10(8-19-12)18-13-11-4-2-1-3-9(11)5-6-15-13/h1-8H,(H,16,17). The van der Waals surface area contributed by atoms with Crippen LogP contribution < -0.4 is 4.74 Å². The van der Waals surface area contributed by atoms with Crippen molar-refractivity contribution in [1.82, 2.24) is 4.98 Å². The molecule has 19 heavy (non-hydrogen) atoms. The quantitative estimate of drug-likeness (QED) is 0.787. The maximum Gasteiger partial charge on any atom is 0.346 e. The van der Waals surface area contributed by atoms with E-state index >= 15 is 0 Å². The number of pyridine rings is 1. The van der Waals surface area contributed by atoms with Crippen molar-refractivity contribution >= 4 is 28.1 Å². The predicted molar refractivity (Wildman–Crippen MR) is 73.1 cm³/mol. The fraction of sp³-hybridized carbons (Fsp3) is 0. The maximum absolute atomic E-state index is 10.8. The van der Waals surface area contributed by atoms with Crippen LogP contribution in [0.5, 0.6) is 11.6 Å². The van der Waals surface area contributed by atoms with Gasteiger partial charge in [-0.25, -0.2) is 9.78 Å².